The van der Waals surface area contributed by atoms with Gasteiger partial charge in [-0.05, 0) is 117 Å². The van der Waals surface area contributed by atoms with Crippen molar-refractivity contribution in [2.24, 2.45) is 0 Å². The summed E-state index contributed by atoms with van der Waals surface area (Å²) in [4.78, 5) is 115. The number of benzene rings is 4. The second kappa shape index (κ2) is 28.5. The number of aromatic hydroxyl groups is 1. The summed E-state index contributed by atoms with van der Waals surface area (Å²) in [6.07, 6.45) is -1.32. The van der Waals surface area contributed by atoms with Crippen molar-refractivity contribution in [2.45, 2.75) is 153 Å². The Kier molecular flexibility index (Phi) is 21.4. The van der Waals surface area contributed by atoms with Crippen LogP contribution in [0.5, 0.6) is 11.5 Å². The molecule has 10 N–H and O–H groups in total. The number of aryl methyl sites for hydroxylation is 1. The number of fused-ring (bicyclic) bond motifs is 2. The number of unbranched alkanes of at least 4 members (excludes halogenated alkanes) is 2. The summed E-state index contributed by atoms with van der Waals surface area (Å²) in [6, 6.07) is 19.2. The summed E-state index contributed by atoms with van der Waals surface area (Å²) in [6.45, 7) is 6.34. The molecule has 10 atom stereocenters. The highest BCUT2D eigenvalue weighted by molar-refractivity contribution is 6.00. The van der Waals surface area contributed by atoms with E-state index in [1.54, 1.807) is 43.3 Å². The van der Waals surface area contributed by atoms with Crippen molar-refractivity contribution in [3.63, 3.8) is 0 Å². The van der Waals surface area contributed by atoms with Gasteiger partial charge in [0.15, 0.2) is 0 Å². The number of hydrogen-bond donors (Lipinski definition) is 10. The fourth-order valence-electron chi connectivity index (χ4n) is 10.3. The topological polar surface area (TPSA) is 305 Å². The van der Waals surface area contributed by atoms with E-state index in [1.807, 2.05) is 48.5 Å². The maximum Gasteiger partial charge on any atom is 0.251 e. The molecule has 0 aliphatic carbocycles. The van der Waals surface area contributed by atoms with E-state index in [0.717, 1.165) is 52.2 Å². The molecule has 4 aromatic rings. The lowest BCUT2D eigenvalue weighted by molar-refractivity contribution is -0.145. The van der Waals surface area contributed by atoms with Gasteiger partial charge in [0.25, 0.3) is 5.91 Å². The number of nitrogens with one attached hydrogen (secondary N) is 6. The number of phenols is 1. The smallest absolute Gasteiger partial charge is 0.251 e. The van der Waals surface area contributed by atoms with Crippen molar-refractivity contribution < 1.29 is 63.5 Å². The fraction of sp³-hybridized carbons (Fsp3) is 0.467. The second-order valence-electron chi connectivity index (χ2n) is 21.2. The predicted molar refractivity (Wildman–Crippen MR) is 300 cm³/mol. The third kappa shape index (κ3) is 16.2. The Labute approximate surface area is 471 Å². The third-order valence-electron chi connectivity index (χ3n) is 15.0. The van der Waals surface area contributed by atoms with Gasteiger partial charge in [-0.25, -0.2) is 0 Å². The minimum Gasteiger partial charge on any atom is -0.508 e. The molecular weight excluding hydrogens is 1040 g/mol. The van der Waals surface area contributed by atoms with E-state index in [2.05, 4.69) is 38.8 Å². The summed E-state index contributed by atoms with van der Waals surface area (Å²) in [5, 5.41) is 59.1. The second-order valence-corrected chi connectivity index (χ2v) is 21.2. The highest BCUT2D eigenvalue weighted by atomic mass is 16.5. The van der Waals surface area contributed by atoms with Crippen LogP contribution in [0.15, 0.2) is 97.1 Å². The maximum atomic E-state index is 14.5. The summed E-state index contributed by atoms with van der Waals surface area (Å²) < 4.78 is 5.86. The van der Waals surface area contributed by atoms with E-state index >= 15 is 0 Å². The average Bonchev–Trinajstić information content (AvgIpc) is 4.13. The van der Waals surface area contributed by atoms with E-state index in [4.69, 9.17) is 4.74 Å². The number of carbonyl (C=O) groups is 8. The Hall–Kier alpha value is -7.88. The first-order valence-corrected chi connectivity index (χ1v) is 28.0. The number of nitrogens with zero attached hydrogens (tertiary/aromatic N) is 2. The van der Waals surface area contributed by atoms with E-state index in [0.29, 0.717) is 12.2 Å². The predicted octanol–water partition coefficient (Wildman–Crippen LogP) is 2.61. The molecule has 3 saturated heterocycles. The molecule has 0 bridgehead atoms. The molecule has 7 rings (SSSR count). The third-order valence-corrected chi connectivity index (χ3v) is 15.0. The van der Waals surface area contributed by atoms with E-state index < -0.39 is 108 Å². The van der Waals surface area contributed by atoms with Gasteiger partial charge in [-0.3, -0.25) is 38.4 Å². The standard InChI is InChI=1S/C60H76N8O13/c1-5-7-8-30-81-46-26-22-41(23-27-46)39-16-14-38(15-17-39)40-18-20-42(21-19-40)54(74)63-47-10-9-29-61-57(77)49-31-43(62-51(73)6-2)33-67(49)59(79)52(35(3)69)66-56(76)48(28-13-37-11-24-44(71)25-12-37)64-58(78)50-32-45(72)34-68(50)60(80)53(36(4)70)65-55(47)75/h11-12,14-27,35-36,43,45,47-50,52-53,69-72H,5-10,13,28-34H2,1-4H3,(H,61,77)(H,62,73)(H,63,74)(H,64,78)(H,65,75)(H,66,76)/t35?,36?,43-,45+,47-,48?,49?,50?,52?,53?/m0/s1. The largest absolute Gasteiger partial charge is 0.508 e. The van der Waals surface area contributed by atoms with Crippen molar-refractivity contribution in [3.05, 3.63) is 108 Å². The number of aliphatic hydroxyl groups excluding tert-OH is 3. The van der Waals surface area contributed by atoms with Crippen LogP contribution in [0.1, 0.15) is 101 Å². The van der Waals surface area contributed by atoms with Crippen molar-refractivity contribution in [1.29, 1.82) is 0 Å². The zero-order valence-corrected chi connectivity index (χ0v) is 46.3. The number of hydrogen-bond acceptors (Lipinski definition) is 13. The van der Waals surface area contributed by atoms with Crippen LogP contribution in [0.3, 0.4) is 0 Å². The van der Waals surface area contributed by atoms with Gasteiger partial charge < -0.3 is 66.9 Å². The molecular formula is C60H76N8O13. The van der Waals surface area contributed by atoms with Gasteiger partial charge >= 0.3 is 0 Å². The Morgan fingerprint density at radius 2 is 1.22 bits per heavy atom. The van der Waals surface area contributed by atoms with Gasteiger partial charge in [0, 0.05) is 44.1 Å². The lowest BCUT2D eigenvalue weighted by atomic mass is 9.99. The molecule has 7 unspecified atom stereocenters. The maximum absolute atomic E-state index is 14.5. The number of ether oxygens (including phenoxy) is 1. The molecule has 3 heterocycles. The number of phenolic OH excluding ortho intramolecular Hbond substituents is 1. The minimum absolute atomic E-state index is 0.00906. The summed E-state index contributed by atoms with van der Waals surface area (Å²) in [5.41, 5.74) is 4.57. The molecule has 3 aliphatic heterocycles. The Morgan fingerprint density at radius 3 is 1.80 bits per heavy atom. The average molecular weight is 1120 g/mol. The lowest BCUT2D eigenvalue weighted by Crippen LogP contribution is -2.61. The van der Waals surface area contributed by atoms with Crippen LogP contribution in [0.4, 0.5) is 0 Å². The fourth-order valence-corrected chi connectivity index (χ4v) is 10.3. The normalized spacial score (nSPS) is 24.0. The highest BCUT2D eigenvalue weighted by Gasteiger charge is 2.46. The van der Waals surface area contributed by atoms with Crippen LogP contribution in [-0.4, -0.2) is 164 Å². The summed E-state index contributed by atoms with van der Waals surface area (Å²) in [5.74, 6) is -5.31. The van der Waals surface area contributed by atoms with Crippen LogP contribution >= 0.6 is 0 Å². The monoisotopic (exact) mass is 1120 g/mol. The minimum atomic E-state index is -1.70. The molecule has 434 valence electrons. The van der Waals surface area contributed by atoms with E-state index in [-0.39, 0.29) is 75.3 Å². The molecule has 21 nitrogen and oxygen atoms in total. The molecule has 0 radical (unpaired) electrons. The van der Waals surface area contributed by atoms with E-state index in [1.165, 1.54) is 30.9 Å². The quantitative estimate of drug-likeness (QED) is 0.0723. The van der Waals surface area contributed by atoms with E-state index in [9.17, 15) is 58.8 Å². The molecule has 21 heteroatoms. The van der Waals surface area contributed by atoms with Crippen molar-refractivity contribution >= 4 is 47.3 Å². The molecule has 0 spiro atoms. The van der Waals surface area contributed by atoms with Crippen LogP contribution in [0.2, 0.25) is 0 Å². The molecule has 8 amide bonds. The van der Waals surface area contributed by atoms with Gasteiger partial charge in [0.1, 0.15) is 47.8 Å². The van der Waals surface area contributed by atoms with Crippen molar-refractivity contribution in [2.75, 3.05) is 26.2 Å². The molecule has 3 aliphatic rings. The Bertz CT molecular complexity index is 2830. The van der Waals surface area contributed by atoms with Crippen LogP contribution < -0.4 is 36.6 Å². The first-order chi connectivity index (χ1) is 38.8. The Morgan fingerprint density at radius 1 is 0.667 bits per heavy atom. The van der Waals surface area contributed by atoms with Crippen molar-refractivity contribution in [3.8, 4) is 33.8 Å². The molecule has 0 saturated carbocycles. The first-order valence-electron chi connectivity index (χ1n) is 28.0. The van der Waals surface area contributed by atoms with Crippen LogP contribution in [-0.2, 0) is 40.0 Å². The number of rotatable bonds is 16. The van der Waals surface area contributed by atoms with Gasteiger partial charge in [-0.1, -0.05) is 87.4 Å². The van der Waals surface area contributed by atoms with Crippen molar-refractivity contribution in [1.82, 2.24) is 41.7 Å². The van der Waals surface area contributed by atoms with Gasteiger partial charge in [0.2, 0.25) is 41.4 Å². The lowest BCUT2D eigenvalue weighted by Gasteiger charge is -2.32. The molecule has 4 aromatic carbocycles. The van der Waals surface area contributed by atoms with Gasteiger partial charge in [-0.15, -0.1) is 0 Å². The van der Waals surface area contributed by atoms with Gasteiger partial charge in [-0.2, -0.15) is 0 Å². The SMILES string of the molecule is CCCCCOc1ccc(-c2ccc(-c3ccc(C(=O)N[C@H]4CCCNC(=O)C5C[C@H](NC(=O)CC)CN5C(=O)C(C(C)O)NC(=O)C(CCc5ccc(O)cc5)NC(=O)C5C[C@@H](O)CN5C(=O)C(C(C)O)NC4=O)cc3)cc2)cc1. The number of carbonyl (C=O) groups excluding carboxylic acids is 8. The van der Waals surface area contributed by atoms with Gasteiger partial charge in [0.05, 0.1) is 24.9 Å². The molecule has 81 heavy (non-hydrogen) atoms. The first kappa shape index (κ1) is 60.8. The van der Waals surface area contributed by atoms with Crippen LogP contribution in [0.25, 0.3) is 22.3 Å². The molecule has 3 fully saturated rings. The number of aliphatic hydroxyl groups is 3. The number of amides is 8. The molecule has 0 aromatic heterocycles. The zero-order chi connectivity index (χ0) is 58.3. The highest BCUT2D eigenvalue weighted by Crippen LogP contribution is 2.28. The zero-order valence-electron chi connectivity index (χ0n) is 46.3. The summed E-state index contributed by atoms with van der Waals surface area (Å²) in [7, 11) is 0. The Balaban J connectivity index is 1.14. The van der Waals surface area contributed by atoms with Crippen LogP contribution in [0, 0.1) is 0 Å². The summed E-state index contributed by atoms with van der Waals surface area (Å²) >= 11 is 0.